The first kappa shape index (κ1) is 18.2. The molecule has 1 nitrogen and oxygen atoms in total. The number of ketones is 1. The SMILES string of the molecule is CC.CC.CC#CCC1C(=O)CC2CCCCC21C. The Morgan fingerprint density at radius 3 is 2.42 bits per heavy atom. The summed E-state index contributed by atoms with van der Waals surface area (Å²) in [6, 6.07) is 0. The third-order valence-corrected chi connectivity index (χ3v) is 4.57. The molecule has 0 N–H and O–H groups in total. The van der Waals surface area contributed by atoms with Gasteiger partial charge >= 0.3 is 0 Å². The van der Waals surface area contributed by atoms with E-state index in [0.29, 0.717) is 11.7 Å². The summed E-state index contributed by atoms with van der Waals surface area (Å²) in [4.78, 5) is 12.0. The van der Waals surface area contributed by atoms with E-state index in [1.165, 1.54) is 25.7 Å². The van der Waals surface area contributed by atoms with Crippen LogP contribution in [0.1, 0.15) is 80.1 Å². The van der Waals surface area contributed by atoms with Gasteiger partial charge in [-0.05, 0) is 31.1 Å². The van der Waals surface area contributed by atoms with Crippen LogP contribution in [0.2, 0.25) is 0 Å². The van der Waals surface area contributed by atoms with Gasteiger partial charge in [0.1, 0.15) is 5.78 Å². The summed E-state index contributed by atoms with van der Waals surface area (Å²) in [5.41, 5.74) is 0.277. The molecule has 2 aliphatic carbocycles. The second-order valence-electron chi connectivity index (χ2n) is 5.30. The number of carbonyl (C=O) groups excluding carboxylic acids is 1. The molecule has 2 fully saturated rings. The van der Waals surface area contributed by atoms with Gasteiger partial charge in [0, 0.05) is 18.8 Å². The molecular weight excluding hydrogens is 232 g/mol. The minimum atomic E-state index is 0.232. The molecule has 19 heavy (non-hydrogen) atoms. The van der Waals surface area contributed by atoms with E-state index >= 15 is 0 Å². The van der Waals surface area contributed by atoms with Crippen molar-refractivity contribution in [3.05, 3.63) is 0 Å². The number of Topliss-reactive ketones (excluding diaryl/α,β-unsaturated/α-hetero) is 1. The molecule has 3 unspecified atom stereocenters. The Morgan fingerprint density at radius 2 is 1.84 bits per heavy atom. The first-order valence-corrected chi connectivity index (χ1v) is 8.11. The predicted octanol–water partition coefficient (Wildman–Crippen LogP) is 5.24. The maximum atomic E-state index is 12.0. The molecule has 0 bridgehead atoms. The summed E-state index contributed by atoms with van der Waals surface area (Å²) < 4.78 is 0. The molecule has 2 aliphatic rings. The van der Waals surface area contributed by atoms with E-state index < -0.39 is 0 Å². The van der Waals surface area contributed by atoms with Crippen molar-refractivity contribution in [2.24, 2.45) is 17.3 Å². The molecule has 1 heteroatoms. The summed E-state index contributed by atoms with van der Waals surface area (Å²) in [5.74, 6) is 7.40. The summed E-state index contributed by atoms with van der Waals surface area (Å²) >= 11 is 0. The molecule has 0 saturated heterocycles. The van der Waals surface area contributed by atoms with Crippen LogP contribution >= 0.6 is 0 Å². The molecule has 2 rings (SSSR count). The third kappa shape index (κ3) is 4.10. The van der Waals surface area contributed by atoms with E-state index in [1.54, 1.807) is 0 Å². The van der Waals surface area contributed by atoms with Crippen molar-refractivity contribution in [1.29, 1.82) is 0 Å². The van der Waals surface area contributed by atoms with Gasteiger partial charge in [-0.3, -0.25) is 4.79 Å². The average molecular weight is 264 g/mol. The molecule has 0 aliphatic heterocycles. The topological polar surface area (TPSA) is 17.1 Å². The number of rotatable bonds is 1. The zero-order valence-corrected chi connectivity index (χ0v) is 13.8. The lowest BCUT2D eigenvalue weighted by Crippen LogP contribution is -2.32. The van der Waals surface area contributed by atoms with Gasteiger partial charge in [-0.1, -0.05) is 47.5 Å². The lowest BCUT2D eigenvalue weighted by molar-refractivity contribution is -0.122. The number of carbonyl (C=O) groups is 1. The fourth-order valence-corrected chi connectivity index (χ4v) is 3.53. The van der Waals surface area contributed by atoms with Crippen LogP contribution in [0.25, 0.3) is 0 Å². The second kappa shape index (κ2) is 9.18. The summed E-state index contributed by atoms with van der Waals surface area (Å²) in [5, 5.41) is 0. The minimum absolute atomic E-state index is 0.232. The first-order chi connectivity index (χ1) is 9.18. The highest BCUT2D eigenvalue weighted by Gasteiger charge is 2.51. The average Bonchev–Trinajstić information content (AvgIpc) is 2.71. The molecule has 0 aromatic heterocycles. The van der Waals surface area contributed by atoms with Crippen LogP contribution in [0.4, 0.5) is 0 Å². The Bertz CT molecular complexity index is 320. The Kier molecular flexibility index (Phi) is 8.81. The molecular formula is C18H32O. The van der Waals surface area contributed by atoms with Crippen LogP contribution in [-0.2, 0) is 4.79 Å². The van der Waals surface area contributed by atoms with E-state index in [0.717, 1.165) is 12.8 Å². The van der Waals surface area contributed by atoms with Crippen molar-refractivity contribution in [3.8, 4) is 11.8 Å². The molecule has 2 saturated carbocycles. The standard InChI is InChI=1S/C14H20O.2C2H6/c1-3-4-8-12-13(15)10-11-7-5-6-9-14(11,12)2;2*1-2/h11-12H,5-10H2,1-2H3;2*1-2H3. The summed E-state index contributed by atoms with van der Waals surface area (Å²) in [6.07, 6.45) is 6.74. The van der Waals surface area contributed by atoms with E-state index in [4.69, 9.17) is 0 Å². The van der Waals surface area contributed by atoms with Gasteiger partial charge in [-0.25, -0.2) is 0 Å². The maximum absolute atomic E-state index is 12.0. The lowest BCUT2D eigenvalue weighted by Gasteiger charge is -2.39. The molecule has 0 amide bonds. The normalized spacial score (nSPS) is 31.8. The minimum Gasteiger partial charge on any atom is -0.299 e. The summed E-state index contributed by atoms with van der Waals surface area (Å²) in [6.45, 7) is 12.2. The van der Waals surface area contributed by atoms with Gasteiger partial charge in [0.05, 0.1) is 0 Å². The summed E-state index contributed by atoms with van der Waals surface area (Å²) in [7, 11) is 0. The molecule has 110 valence electrons. The Hall–Kier alpha value is -0.770. The van der Waals surface area contributed by atoms with Gasteiger partial charge in [0.2, 0.25) is 0 Å². The lowest BCUT2D eigenvalue weighted by atomic mass is 9.65. The van der Waals surface area contributed by atoms with Crippen molar-refractivity contribution in [2.45, 2.75) is 80.1 Å². The molecule has 0 aromatic rings. The largest absolute Gasteiger partial charge is 0.299 e. The monoisotopic (exact) mass is 264 g/mol. The van der Waals surface area contributed by atoms with Crippen LogP contribution in [0, 0.1) is 29.1 Å². The van der Waals surface area contributed by atoms with Crippen LogP contribution in [0.15, 0.2) is 0 Å². The zero-order chi connectivity index (χ0) is 14.9. The molecule has 0 aromatic carbocycles. The molecule has 0 heterocycles. The van der Waals surface area contributed by atoms with Gasteiger partial charge in [-0.15, -0.1) is 11.8 Å². The fourth-order valence-electron chi connectivity index (χ4n) is 3.53. The van der Waals surface area contributed by atoms with Crippen LogP contribution in [0.5, 0.6) is 0 Å². The fraction of sp³-hybridized carbons (Fsp3) is 0.833. The molecule has 0 spiro atoms. The Balaban J connectivity index is 0.000000741. The molecule has 0 radical (unpaired) electrons. The van der Waals surface area contributed by atoms with Crippen LogP contribution in [-0.4, -0.2) is 5.78 Å². The highest BCUT2D eigenvalue weighted by atomic mass is 16.1. The van der Waals surface area contributed by atoms with Gasteiger partial charge in [0.25, 0.3) is 0 Å². The van der Waals surface area contributed by atoms with Crippen molar-refractivity contribution in [1.82, 2.24) is 0 Å². The van der Waals surface area contributed by atoms with E-state index in [2.05, 4.69) is 18.8 Å². The number of hydrogen-bond donors (Lipinski definition) is 0. The first-order valence-electron chi connectivity index (χ1n) is 8.11. The third-order valence-electron chi connectivity index (χ3n) is 4.57. The van der Waals surface area contributed by atoms with Crippen molar-refractivity contribution >= 4 is 5.78 Å². The molecule has 3 atom stereocenters. The Morgan fingerprint density at radius 1 is 1.21 bits per heavy atom. The van der Waals surface area contributed by atoms with Crippen molar-refractivity contribution in [2.75, 3.05) is 0 Å². The van der Waals surface area contributed by atoms with E-state index in [9.17, 15) is 4.79 Å². The van der Waals surface area contributed by atoms with Crippen LogP contribution in [0.3, 0.4) is 0 Å². The number of fused-ring (bicyclic) bond motifs is 1. The van der Waals surface area contributed by atoms with Crippen molar-refractivity contribution < 1.29 is 4.79 Å². The van der Waals surface area contributed by atoms with E-state index in [-0.39, 0.29) is 11.3 Å². The Labute approximate surface area is 120 Å². The van der Waals surface area contributed by atoms with Crippen molar-refractivity contribution in [3.63, 3.8) is 0 Å². The maximum Gasteiger partial charge on any atom is 0.137 e. The zero-order valence-electron chi connectivity index (χ0n) is 13.8. The quantitative estimate of drug-likeness (QED) is 0.592. The van der Waals surface area contributed by atoms with Gasteiger partial charge < -0.3 is 0 Å². The second-order valence-corrected chi connectivity index (χ2v) is 5.30. The smallest absolute Gasteiger partial charge is 0.137 e. The highest BCUT2D eigenvalue weighted by molar-refractivity contribution is 5.85. The van der Waals surface area contributed by atoms with Gasteiger partial charge in [-0.2, -0.15) is 0 Å². The predicted molar refractivity (Wildman–Crippen MR) is 83.9 cm³/mol. The number of hydrogen-bond acceptors (Lipinski definition) is 1. The van der Waals surface area contributed by atoms with E-state index in [1.807, 2.05) is 34.6 Å². The van der Waals surface area contributed by atoms with Crippen LogP contribution < -0.4 is 0 Å². The highest BCUT2D eigenvalue weighted by Crippen LogP contribution is 2.54. The van der Waals surface area contributed by atoms with Gasteiger partial charge in [0.15, 0.2) is 0 Å².